The number of allylic oxidation sites excluding steroid dienone is 1. The molecule has 4 nitrogen and oxygen atoms in total. The molecule has 0 saturated heterocycles. The van der Waals surface area contributed by atoms with Gasteiger partial charge in [-0.15, -0.1) is 11.3 Å². The molecule has 0 aliphatic rings. The van der Waals surface area contributed by atoms with E-state index in [9.17, 15) is 4.79 Å². The van der Waals surface area contributed by atoms with Crippen molar-refractivity contribution in [3.05, 3.63) is 17.2 Å². The summed E-state index contributed by atoms with van der Waals surface area (Å²) in [6, 6.07) is 0. The van der Waals surface area contributed by atoms with Gasteiger partial charge in [-0.2, -0.15) is 0 Å². The molecule has 17 heavy (non-hydrogen) atoms. The topological polar surface area (TPSA) is 65.2 Å². The van der Waals surface area contributed by atoms with Crippen molar-refractivity contribution < 1.29 is 9.53 Å². The zero-order valence-electron chi connectivity index (χ0n) is 10.6. The lowest BCUT2D eigenvalue weighted by Gasteiger charge is -2.10. The van der Waals surface area contributed by atoms with Crippen LogP contribution in [-0.2, 0) is 9.53 Å². The lowest BCUT2D eigenvalue weighted by Crippen LogP contribution is -2.13. The quantitative estimate of drug-likeness (QED) is 0.662. The summed E-state index contributed by atoms with van der Waals surface area (Å²) in [4.78, 5) is 16.1. The fourth-order valence-corrected chi connectivity index (χ4v) is 1.84. The second-order valence-corrected chi connectivity index (χ2v) is 5.24. The van der Waals surface area contributed by atoms with Gasteiger partial charge in [-0.3, -0.25) is 0 Å². The van der Waals surface area contributed by atoms with E-state index in [0.717, 1.165) is 0 Å². The minimum Gasteiger partial charge on any atom is -0.459 e. The van der Waals surface area contributed by atoms with E-state index in [1.165, 1.54) is 11.3 Å². The number of nitrogens with zero attached hydrogens (tertiary/aromatic N) is 1. The van der Waals surface area contributed by atoms with Crippen molar-refractivity contribution in [2.24, 2.45) is 5.92 Å². The van der Waals surface area contributed by atoms with Crippen LogP contribution in [0.4, 0.5) is 5.13 Å². The van der Waals surface area contributed by atoms with Crippen LogP contribution < -0.4 is 5.73 Å². The number of carbonyl (C=O) groups is 1. The van der Waals surface area contributed by atoms with Gasteiger partial charge in [-0.05, 0) is 19.8 Å². The monoisotopic (exact) mass is 254 g/mol. The molecular formula is C12H18N2O2S. The Morgan fingerprint density at radius 2 is 2.12 bits per heavy atom. The minimum atomic E-state index is -0.348. The lowest BCUT2D eigenvalue weighted by molar-refractivity contribution is -0.140. The largest absolute Gasteiger partial charge is 0.459 e. The van der Waals surface area contributed by atoms with Gasteiger partial charge in [0.05, 0.1) is 17.4 Å². The molecule has 94 valence electrons. The highest BCUT2D eigenvalue weighted by molar-refractivity contribution is 7.13. The molecule has 1 heterocycles. The number of carbonyl (C=O) groups excluding carboxylic acids is 1. The lowest BCUT2D eigenvalue weighted by atomic mass is 10.1. The first-order chi connectivity index (χ1) is 7.90. The summed E-state index contributed by atoms with van der Waals surface area (Å²) in [5.41, 5.74) is 6.65. The molecule has 0 atom stereocenters. The third kappa shape index (κ3) is 4.19. The predicted molar refractivity (Wildman–Crippen MR) is 70.6 cm³/mol. The maximum absolute atomic E-state index is 11.9. The molecule has 0 radical (unpaired) electrons. The molecule has 2 N–H and O–H groups in total. The van der Waals surface area contributed by atoms with Crippen LogP contribution in [0.15, 0.2) is 11.5 Å². The fourth-order valence-electron chi connectivity index (χ4n) is 1.28. The minimum absolute atomic E-state index is 0.144. The molecule has 0 aliphatic heterocycles. The number of nitrogen functional groups attached to an aromatic ring is 1. The van der Waals surface area contributed by atoms with Crippen LogP contribution in [0, 0.1) is 5.92 Å². The second-order valence-electron chi connectivity index (χ2n) is 4.35. The molecule has 0 aliphatic carbocycles. The number of anilines is 1. The maximum Gasteiger partial charge on any atom is 0.340 e. The Morgan fingerprint density at radius 3 is 2.53 bits per heavy atom. The molecule has 0 aromatic carbocycles. The average Bonchev–Trinajstić information content (AvgIpc) is 2.59. The SMILES string of the molecule is CC(C)/C=C(\C(=O)OC(C)C)c1csc(N)n1. The number of hydrogen-bond acceptors (Lipinski definition) is 5. The van der Waals surface area contributed by atoms with E-state index >= 15 is 0 Å². The zero-order valence-corrected chi connectivity index (χ0v) is 11.4. The van der Waals surface area contributed by atoms with Crippen LogP contribution in [0.3, 0.4) is 0 Å². The Balaban J connectivity index is 3.01. The Kier molecular flexibility index (Phi) is 4.69. The highest BCUT2D eigenvalue weighted by Crippen LogP contribution is 2.22. The first kappa shape index (κ1) is 13.7. The number of esters is 1. The van der Waals surface area contributed by atoms with E-state index in [1.54, 1.807) is 5.38 Å². The van der Waals surface area contributed by atoms with E-state index in [-0.39, 0.29) is 18.0 Å². The number of aromatic nitrogens is 1. The maximum atomic E-state index is 11.9. The van der Waals surface area contributed by atoms with Gasteiger partial charge in [0.2, 0.25) is 0 Å². The van der Waals surface area contributed by atoms with E-state index in [0.29, 0.717) is 16.4 Å². The molecule has 0 fully saturated rings. The summed E-state index contributed by atoms with van der Waals surface area (Å²) in [6.07, 6.45) is 1.70. The number of rotatable bonds is 4. The van der Waals surface area contributed by atoms with Gasteiger partial charge in [-0.25, -0.2) is 9.78 Å². The molecule has 1 aromatic rings. The third-order valence-electron chi connectivity index (χ3n) is 1.86. The van der Waals surface area contributed by atoms with Crippen LogP contribution in [0.5, 0.6) is 0 Å². The van der Waals surface area contributed by atoms with Crippen molar-refractivity contribution >= 4 is 28.0 Å². The molecule has 1 rings (SSSR count). The summed E-state index contributed by atoms with van der Waals surface area (Å²) in [6.45, 7) is 7.64. The fraction of sp³-hybridized carbons (Fsp3) is 0.500. The third-order valence-corrected chi connectivity index (χ3v) is 2.53. The summed E-state index contributed by atoms with van der Waals surface area (Å²) < 4.78 is 5.19. The van der Waals surface area contributed by atoms with Crippen LogP contribution >= 0.6 is 11.3 Å². The van der Waals surface area contributed by atoms with Gasteiger partial charge in [0, 0.05) is 5.38 Å². The summed E-state index contributed by atoms with van der Waals surface area (Å²) in [7, 11) is 0. The van der Waals surface area contributed by atoms with Crippen LogP contribution in [-0.4, -0.2) is 17.1 Å². The Hall–Kier alpha value is -1.36. The molecule has 0 bridgehead atoms. The van der Waals surface area contributed by atoms with Gasteiger partial charge in [0.25, 0.3) is 0 Å². The summed E-state index contributed by atoms with van der Waals surface area (Å²) in [5, 5.41) is 2.22. The van der Waals surface area contributed by atoms with Gasteiger partial charge in [-0.1, -0.05) is 19.9 Å². The predicted octanol–water partition coefficient (Wildman–Crippen LogP) is 2.72. The van der Waals surface area contributed by atoms with Crippen LogP contribution in [0.25, 0.3) is 5.57 Å². The van der Waals surface area contributed by atoms with Crippen LogP contribution in [0.2, 0.25) is 0 Å². The molecule has 0 saturated carbocycles. The van der Waals surface area contributed by atoms with Crippen molar-refractivity contribution in [3.8, 4) is 0 Å². The van der Waals surface area contributed by atoms with Crippen molar-refractivity contribution in [1.29, 1.82) is 0 Å². The van der Waals surface area contributed by atoms with E-state index in [1.807, 2.05) is 33.8 Å². The number of ether oxygens (including phenoxy) is 1. The highest BCUT2D eigenvalue weighted by Gasteiger charge is 2.18. The first-order valence-electron chi connectivity index (χ1n) is 5.54. The second kappa shape index (κ2) is 5.82. The van der Waals surface area contributed by atoms with Crippen molar-refractivity contribution in [3.63, 3.8) is 0 Å². The highest BCUT2D eigenvalue weighted by atomic mass is 32.1. The molecule has 0 amide bonds. The number of thiazole rings is 1. The normalized spacial score (nSPS) is 12.2. The average molecular weight is 254 g/mol. The first-order valence-corrected chi connectivity index (χ1v) is 6.42. The van der Waals surface area contributed by atoms with E-state index < -0.39 is 0 Å². The summed E-state index contributed by atoms with van der Waals surface area (Å²) >= 11 is 1.31. The molecule has 0 unspecified atom stereocenters. The van der Waals surface area contributed by atoms with Gasteiger partial charge in [0.1, 0.15) is 0 Å². The van der Waals surface area contributed by atoms with Crippen molar-refractivity contribution in [2.45, 2.75) is 33.8 Å². The molecular weight excluding hydrogens is 236 g/mol. The van der Waals surface area contributed by atoms with Crippen molar-refractivity contribution in [1.82, 2.24) is 4.98 Å². The summed E-state index contributed by atoms with van der Waals surface area (Å²) in [5.74, 6) is -0.105. The Bertz CT molecular complexity index is 422. The van der Waals surface area contributed by atoms with Gasteiger partial charge < -0.3 is 10.5 Å². The van der Waals surface area contributed by atoms with E-state index in [2.05, 4.69) is 4.98 Å². The smallest absolute Gasteiger partial charge is 0.340 e. The van der Waals surface area contributed by atoms with Gasteiger partial charge in [0.15, 0.2) is 5.13 Å². The number of nitrogens with two attached hydrogens (primary N) is 1. The van der Waals surface area contributed by atoms with E-state index in [4.69, 9.17) is 10.5 Å². The molecule has 1 aromatic heterocycles. The van der Waals surface area contributed by atoms with Crippen molar-refractivity contribution in [2.75, 3.05) is 5.73 Å². The number of hydrogen-bond donors (Lipinski definition) is 1. The van der Waals surface area contributed by atoms with Crippen LogP contribution in [0.1, 0.15) is 33.4 Å². The molecule has 0 spiro atoms. The standard InChI is InChI=1S/C12H18N2O2S/c1-7(2)5-9(11(15)16-8(3)4)10-6-17-12(13)14-10/h5-8H,1-4H3,(H2,13,14)/b9-5-. The Labute approximate surface area is 106 Å². The zero-order chi connectivity index (χ0) is 13.0. The molecule has 5 heteroatoms. The Morgan fingerprint density at radius 1 is 1.47 bits per heavy atom. The van der Waals surface area contributed by atoms with Gasteiger partial charge >= 0.3 is 5.97 Å².